The quantitative estimate of drug-likeness (QED) is 0.754. The van der Waals surface area contributed by atoms with Crippen molar-refractivity contribution in [3.05, 3.63) is 54.1 Å². The molecule has 0 radical (unpaired) electrons. The monoisotopic (exact) mass is 333 g/mol. The molecular weight excluding hydrogens is 320 g/mol. The van der Waals surface area contributed by atoms with Crippen LogP contribution in [0.2, 0.25) is 0 Å². The van der Waals surface area contributed by atoms with Crippen LogP contribution in [0.25, 0.3) is 0 Å². The van der Waals surface area contributed by atoms with Gasteiger partial charge in [-0.15, -0.1) is 0 Å². The number of hydrogen-bond acceptors (Lipinski definition) is 3. The van der Waals surface area contributed by atoms with Crippen molar-refractivity contribution in [2.45, 2.75) is 6.92 Å². The molecule has 0 heterocycles. The van der Waals surface area contributed by atoms with Gasteiger partial charge in [0.1, 0.15) is 11.6 Å². The zero-order valence-corrected chi connectivity index (χ0v) is 12.5. The van der Waals surface area contributed by atoms with Crippen LogP contribution in [0.15, 0.2) is 42.5 Å². The number of carbonyl (C=O) groups is 3. The lowest BCUT2D eigenvalue weighted by atomic mass is 10.2. The number of rotatable bonds is 3. The second-order valence-corrected chi connectivity index (χ2v) is 4.79. The summed E-state index contributed by atoms with van der Waals surface area (Å²) in [5.74, 6) is -4.16. The van der Waals surface area contributed by atoms with E-state index < -0.39 is 23.4 Å². The lowest BCUT2D eigenvalue weighted by molar-refractivity contribution is -0.133. The topological polar surface area (TPSA) is 87.3 Å². The number of halogens is 2. The first kappa shape index (κ1) is 17.1. The summed E-state index contributed by atoms with van der Waals surface area (Å²) in [5, 5.41) is 6.91. The second-order valence-electron chi connectivity index (χ2n) is 4.79. The van der Waals surface area contributed by atoms with Gasteiger partial charge >= 0.3 is 11.8 Å². The van der Waals surface area contributed by atoms with Crippen molar-refractivity contribution in [2.75, 3.05) is 16.0 Å². The van der Waals surface area contributed by atoms with Crippen molar-refractivity contribution in [3.8, 4) is 0 Å². The molecule has 0 aliphatic rings. The Morgan fingerprint density at radius 2 is 1.33 bits per heavy atom. The Bertz CT molecular complexity index is 792. The van der Waals surface area contributed by atoms with Crippen molar-refractivity contribution >= 4 is 34.8 Å². The molecule has 0 saturated carbocycles. The van der Waals surface area contributed by atoms with E-state index in [0.717, 1.165) is 12.1 Å². The molecule has 3 amide bonds. The van der Waals surface area contributed by atoms with Gasteiger partial charge in [-0.3, -0.25) is 14.4 Å². The molecule has 0 aliphatic heterocycles. The highest BCUT2D eigenvalue weighted by Crippen LogP contribution is 2.16. The van der Waals surface area contributed by atoms with Gasteiger partial charge < -0.3 is 16.0 Å². The molecule has 0 aromatic heterocycles. The van der Waals surface area contributed by atoms with Crippen molar-refractivity contribution < 1.29 is 23.2 Å². The Kier molecular flexibility index (Phi) is 5.20. The second kappa shape index (κ2) is 7.32. The molecule has 24 heavy (non-hydrogen) atoms. The van der Waals surface area contributed by atoms with Gasteiger partial charge in [0.15, 0.2) is 0 Å². The average Bonchev–Trinajstić information content (AvgIpc) is 2.51. The van der Waals surface area contributed by atoms with Gasteiger partial charge in [-0.1, -0.05) is 0 Å². The van der Waals surface area contributed by atoms with Crippen LogP contribution in [0.5, 0.6) is 0 Å². The normalized spacial score (nSPS) is 9.96. The Labute approximate surface area is 135 Å². The lowest BCUT2D eigenvalue weighted by Crippen LogP contribution is -2.29. The van der Waals surface area contributed by atoms with E-state index >= 15 is 0 Å². The summed E-state index contributed by atoms with van der Waals surface area (Å²) in [6.45, 7) is 1.36. The van der Waals surface area contributed by atoms with E-state index in [9.17, 15) is 23.2 Å². The number of benzene rings is 2. The summed E-state index contributed by atoms with van der Waals surface area (Å²) in [4.78, 5) is 34.4. The number of amides is 3. The largest absolute Gasteiger partial charge is 0.326 e. The molecule has 124 valence electrons. The van der Waals surface area contributed by atoms with E-state index in [0.29, 0.717) is 17.4 Å². The molecule has 0 saturated heterocycles. The first-order valence-electron chi connectivity index (χ1n) is 6.80. The van der Waals surface area contributed by atoms with E-state index in [1.54, 1.807) is 0 Å². The molecule has 3 N–H and O–H groups in total. The highest BCUT2D eigenvalue weighted by atomic mass is 19.1. The van der Waals surface area contributed by atoms with E-state index in [1.807, 2.05) is 5.32 Å². The molecular formula is C16H13F2N3O3. The van der Waals surface area contributed by atoms with Gasteiger partial charge in [0.2, 0.25) is 5.91 Å². The van der Waals surface area contributed by atoms with Crippen molar-refractivity contribution in [3.63, 3.8) is 0 Å². The number of hydrogen-bond donors (Lipinski definition) is 3. The highest BCUT2D eigenvalue weighted by Gasteiger charge is 2.16. The Morgan fingerprint density at radius 1 is 0.792 bits per heavy atom. The Morgan fingerprint density at radius 3 is 1.88 bits per heavy atom. The third kappa shape index (κ3) is 4.60. The third-order valence-electron chi connectivity index (χ3n) is 2.85. The van der Waals surface area contributed by atoms with Crippen molar-refractivity contribution in [1.29, 1.82) is 0 Å². The van der Waals surface area contributed by atoms with E-state index in [4.69, 9.17) is 0 Å². The van der Waals surface area contributed by atoms with Gasteiger partial charge in [0.25, 0.3) is 0 Å². The fraction of sp³-hybridized carbons (Fsp3) is 0.0625. The lowest BCUT2D eigenvalue weighted by Gasteiger charge is -2.08. The standard InChI is InChI=1S/C16H13F2N3O3/c1-9(22)19-11-3-5-12(6-4-11)20-15(23)16(24)21-14-7-2-10(17)8-13(14)18/h2-8H,1H3,(H,19,22)(H,20,23)(H,21,24). The minimum Gasteiger partial charge on any atom is -0.326 e. The van der Waals surface area contributed by atoms with Gasteiger partial charge in [-0.05, 0) is 36.4 Å². The van der Waals surface area contributed by atoms with Gasteiger partial charge in [-0.25, -0.2) is 8.78 Å². The first-order chi connectivity index (χ1) is 11.3. The summed E-state index contributed by atoms with van der Waals surface area (Å²) in [5.41, 5.74) is 0.528. The van der Waals surface area contributed by atoms with E-state index in [-0.39, 0.29) is 11.6 Å². The zero-order valence-electron chi connectivity index (χ0n) is 12.5. The first-order valence-corrected chi connectivity index (χ1v) is 6.80. The summed E-state index contributed by atoms with van der Waals surface area (Å²) in [6, 6.07) is 8.59. The molecule has 8 heteroatoms. The van der Waals surface area contributed by atoms with Crippen molar-refractivity contribution in [1.82, 2.24) is 0 Å². The maximum absolute atomic E-state index is 13.4. The van der Waals surface area contributed by atoms with E-state index in [1.165, 1.54) is 31.2 Å². The molecule has 0 fully saturated rings. The molecule has 2 rings (SSSR count). The minimum absolute atomic E-state index is 0.243. The molecule has 0 aliphatic carbocycles. The number of nitrogens with one attached hydrogen (secondary N) is 3. The summed E-state index contributed by atoms with van der Waals surface area (Å²) < 4.78 is 26.2. The molecule has 2 aromatic carbocycles. The molecule has 2 aromatic rings. The van der Waals surface area contributed by atoms with Gasteiger partial charge in [0, 0.05) is 24.4 Å². The fourth-order valence-corrected chi connectivity index (χ4v) is 1.80. The molecule has 6 nitrogen and oxygen atoms in total. The van der Waals surface area contributed by atoms with Gasteiger partial charge in [-0.2, -0.15) is 0 Å². The van der Waals surface area contributed by atoms with Crippen LogP contribution < -0.4 is 16.0 Å². The maximum Gasteiger partial charge on any atom is 0.314 e. The minimum atomic E-state index is -1.11. The number of anilines is 3. The summed E-state index contributed by atoms with van der Waals surface area (Å²) in [6.07, 6.45) is 0. The molecule has 0 unspecified atom stereocenters. The zero-order chi connectivity index (χ0) is 17.7. The predicted octanol–water partition coefficient (Wildman–Crippen LogP) is 2.50. The number of carbonyl (C=O) groups excluding carboxylic acids is 3. The Hall–Kier alpha value is -3.29. The van der Waals surface area contributed by atoms with E-state index in [2.05, 4.69) is 10.6 Å². The van der Waals surface area contributed by atoms with Gasteiger partial charge in [0.05, 0.1) is 5.69 Å². The van der Waals surface area contributed by atoms with Crippen LogP contribution in [0.1, 0.15) is 6.92 Å². The molecule has 0 atom stereocenters. The van der Waals surface area contributed by atoms with Crippen LogP contribution in [-0.4, -0.2) is 17.7 Å². The van der Waals surface area contributed by atoms with Crippen LogP contribution in [-0.2, 0) is 14.4 Å². The fourth-order valence-electron chi connectivity index (χ4n) is 1.80. The molecule has 0 bridgehead atoms. The van der Waals surface area contributed by atoms with Crippen molar-refractivity contribution in [2.24, 2.45) is 0 Å². The van der Waals surface area contributed by atoms with Crippen LogP contribution in [0.4, 0.5) is 25.8 Å². The SMILES string of the molecule is CC(=O)Nc1ccc(NC(=O)C(=O)Nc2ccc(F)cc2F)cc1. The third-order valence-corrected chi connectivity index (χ3v) is 2.85. The summed E-state index contributed by atoms with van der Waals surface area (Å²) in [7, 11) is 0. The molecule has 0 spiro atoms. The van der Waals surface area contributed by atoms with Crippen LogP contribution in [0, 0.1) is 11.6 Å². The van der Waals surface area contributed by atoms with Crippen LogP contribution in [0.3, 0.4) is 0 Å². The maximum atomic E-state index is 13.4. The Balaban J connectivity index is 1.98. The summed E-state index contributed by atoms with van der Waals surface area (Å²) >= 11 is 0. The van der Waals surface area contributed by atoms with Crippen LogP contribution >= 0.6 is 0 Å². The average molecular weight is 333 g/mol. The predicted molar refractivity (Wildman–Crippen MR) is 84.4 cm³/mol. The highest BCUT2D eigenvalue weighted by molar-refractivity contribution is 6.43. The smallest absolute Gasteiger partial charge is 0.314 e.